The molecule has 0 radical (unpaired) electrons. The fourth-order valence-corrected chi connectivity index (χ4v) is 5.32. The van der Waals surface area contributed by atoms with Gasteiger partial charge in [0.05, 0.1) is 14.7 Å². The first-order valence-corrected chi connectivity index (χ1v) is 12.9. The molecule has 0 spiro atoms. The van der Waals surface area contributed by atoms with Gasteiger partial charge in [0.2, 0.25) is 5.91 Å². The lowest BCUT2D eigenvalue weighted by Gasteiger charge is -2.14. The van der Waals surface area contributed by atoms with Gasteiger partial charge in [-0.1, -0.05) is 47.7 Å². The molecule has 37 heavy (non-hydrogen) atoms. The van der Waals surface area contributed by atoms with Gasteiger partial charge in [-0.05, 0) is 79.6 Å². The average Bonchev–Trinajstić information content (AvgIpc) is 3.10. The number of thioether (sulfide) groups is 1. The van der Waals surface area contributed by atoms with Crippen molar-refractivity contribution < 1.29 is 19.3 Å². The minimum atomic E-state index is -0.619. The maximum atomic E-state index is 12.9. The smallest absolute Gasteiger partial charge is 0.294 e. The second-order valence-electron chi connectivity index (χ2n) is 8.53. The van der Waals surface area contributed by atoms with E-state index in [1.165, 1.54) is 23.9 Å². The van der Waals surface area contributed by atoms with Crippen molar-refractivity contribution in [2.75, 3.05) is 11.9 Å². The Balaban J connectivity index is 1.50. The lowest BCUT2D eigenvalue weighted by atomic mass is 10.1. The van der Waals surface area contributed by atoms with Crippen molar-refractivity contribution in [3.63, 3.8) is 0 Å². The highest BCUT2D eigenvalue weighted by Gasteiger charge is 2.36. The van der Waals surface area contributed by atoms with Crippen LogP contribution in [-0.4, -0.2) is 33.4 Å². The molecule has 3 amide bonds. The Kier molecular flexibility index (Phi) is 7.80. The van der Waals surface area contributed by atoms with Crippen molar-refractivity contribution >= 4 is 58.0 Å². The summed E-state index contributed by atoms with van der Waals surface area (Å²) >= 11 is 1.97. The van der Waals surface area contributed by atoms with Gasteiger partial charge >= 0.3 is 0 Å². The van der Waals surface area contributed by atoms with E-state index in [4.69, 9.17) is 0 Å². The van der Waals surface area contributed by atoms with E-state index in [-0.39, 0.29) is 10.6 Å². The number of anilines is 1. The van der Waals surface area contributed by atoms with E-state index in [9.17, 15) is 24.5 Å². The highest BCUT2D eigenvalue weighted by atomic mass is 32.2. The minimum absolute atomic E-state index is 0.0952. The molecular formula is C27H23N3O5S2. The molecule has 1 aliphatic heterocycles. The zero-order valence-electron chi connectivity index (χ0n) is 20.3. The lowest BCUT2D eigenvalue weighted by molar-refractivity contribution is -0.387. The van der Waals surface area contributed by atoms with Crippen LogP contribution in [0.15, 0.2) is 75.4 Å². The molecule has 4 rings (SSSR count). The molecule has 1 fully saturated rings. The summed E-state index contributed by atoms with van der Waals surface area (Å²) in [6.45, 7) is 5.28. The van der Waals surface area contributed by atoms with Crippen molar-refractivity contribution in [3.8, 4) is 0 Å². The molecule has 3 aromatic rings. The first-order chi connectivity index (χ1) is 17.6. The van der Waals surface area contributed by atoms with Crippen molar-refractivity contribution in [2.24, 2.45) is 0 Å². The third kappa shape index (κ3) is 6.28. The molecule has 0 aromatic heterocycles. The summed E-state index contributed by atoms with van der Waals surface area (Å²) in [5.74, 6) is -1.11. The van der Waals surface area contributed by atoms with E-state index in [2.05, 4.69) is 5.32 Å². The molecule has 10 heteroatoms. The number of imide groups is 1. The summed E-state index contributed by atoms with van der Waals surface area (Å²) in [5.41, 5.74) is 3.83. The van der Waals surface area contributed by atoms with Crippen molar-refractivity contribution in [2.45, 2.75) is 30.6 Å². The normalized spacial score (nSPS) is 14.4. The van der Waals surface area contributed by atoms with Crippen LogP contribution in [0.2, 0.25) is 0 Å². The van der Waals surface area contributed by atoms with Crippen LogP contribution in [0.25, 0.3) is 6.08 Å². The van der Waals surface area contributed by atoms with E-state index >= 15 is 0 Å². The molecule has 1 N–H and O–H groups in total. The maximum absolute atomic E-state index is 12.9. The Hall–Kier alpha value is -3.89. The summed E-state index contributed by atoms with van der Waals surface area (Å²) in [4.78, 5) is 51.5. The van der Waals surface area contributed by atoms with Crippen LogP contribution in [-0.2, 0) is 9.59 Å². The summed E-state index contributed by atoms with van der Waals surface area (Å²) in [5, 5.41) is 13.9. The molecule has 8 nitrogen and oxygen atoms in total. The lowest BCUT2D eigenvalue weighted by Crippen LogP contribution is -2.36. The summed E-state index contributed by atoms with van der Waals surface area (Å²) in [6.07, 6.45) is 1.43. The summed E-state index contributed by atoms with van der Waals surface area (Å²) in [7, 11) is 0. The molecule has 0 atom stereocenters. The molecule has 0 aliphatic carbocycles. The zero-order chi connectivity index (χ0) is 26.7. The highest BCUT2D eigenvalue weighted by Crippen LogP contribution is 2.37. The van der Waals surface area contributed by atoms with Gasteiger partial charge in [0.1, 0.15) is 6.54 Å². The summed E-state index contributed by atoms with van der Waals surface area (Å²) in [6, 6.07) is 17.9. The molecular weight excluding hydrogens is 510 g/mol. The molecule has 3 aromatic carbocycles. The van der Waals surface area contributed by atoms with Gasteiger partial charge in [-0.3, -0.25) is 29.4 Å². The fraction of sp³-hybridized carbons (Fsp3) is 0.148. The molecule has 1 saturated heterocycles. The molecule has 188 valence electrons. The van der Waals surface area contributed by atoms with E-state index in [0.717, 1.165) is 26.5 Å². The van der Waals surface area contributed by atoms with E-state index in [0.29, 0.717) is 27.9 Å². The number of nitrogens with zero attached hydrogens (tertiary/aromatic N) is 2. The van der Waals surface area contributed by atoms with Crippen LogP contribution >= 0.6 is 23.5 Å². The Labute approximate surface area is 222 Å². The number of hydrogen-bond donors (Lipinski definition) is 1. The standard InChI is InChI=1S/C27H23N3O5S2/c1-16-5-9-20(10-6-16)36-23-11-8-19(13-22(23)30(34)35)14-24-26(32)29(27(33)37-24)15-25(31)28-21-12-17(2)4-7-18(21)3/h4-14H,15H2,1-3H3,(H,28,31)/b24-14-. The van der Waals surface area contributed by atoms with Crippen molar-refractivity contribution in [1.82, 2.24) is 4.90 Å². The average molecular weight is 534 g/mol. The largest absolute Gasteiger partial charge is 0.324 e. The number of nitro benzene ring substituents is 1. The Morgan fingerprint density at radius 1 is 1.03 bits per heavy atom. The number of hydrogen-bond acceptors (Lipinski definition) is 7. The Morgan fingerprint density at radius 3 is 2.43 bits per heavy atom. The molecule has 1 heterocycles. The first kappa shape index (κ1) is 26.2. The van der Waals surface area contributed by atoms with Crippen LogP contribution in [0.1, 0.15) is 22.3 Å². The number of nitro groups is 1. The first-order valence-electron chi connectivity index (χ1n) is 11.3. The number of nitrogens with one attached hydrogen (secondary N) is 1. The number of benzene rings is 3. The number of rotatable bonds is 7. The summed E-state index contributed by atoms with van der Waals surface area (Å²) < 4.78 is 0. The van der Waals surface area contributed by atoms with Crippen LogP contribution in [0.4, 0.5) is 16.2 Å². The molecule has 0 unspecified atom stereocenters. The topological polar surface area (TPSA) is 110 Å². The second kappa shape index (κ2) is 11.0. The fourth-order valence-electron chi connectivity index (χ4n) is 3.58. The predicted molar refractivity (Wildman–Crippen MR) is 146 cm³/mol. The van der Waals surface area contributed by atoms with Gasteiger partial charge in [-0.25, -0.2) is 0 Å². The number of amides is 3. The van der Waals surface area contributed by atoms with Crippen LogP contribution < -0.4 is 5.32 Å². The minimum Gasteiger partial charge on any atom is -0.324 e. The van der Waals surface area contributed by atoms with Gasteiger partial charge < -0.3 is 5.32 Å². The Morgan fingerprint density at radius 2 is 1.73 bits per heavy atom. The SMILES string of the molecule is Cc1ccc(Sc2ccc(/C=C3\SC(=O)N(CC(=O)Nc4cc(C)ccc4C)C3=O)cc2[N+](=O)[O-])cc1. The van der Waals surface area contributed by atoms with Gasteiger partial charge in [0.25, 0.3) is 16.8 Å². The predicted octanol–water partition coefficient (Wildman–Crippen LogP) is 6.35. The quantitative estimate of drug-likeness (QED) is 0.214. The highest BCUT2D eigenvalue weighted by molar-refractivity contribution is 8.18. The zero-order valence-corrected chi connectivity index (χ0v) is 21.9. The van der Waals surface area contributed by atoms with Crippen molar-refractivity contribution in [3.05, 3.63) is 97.9 Å². The molecule has 0 saturated carbocycles. The van der Waals surface area contributed by atoms with Gasteiger partial charge in [0.15, 0.2) is 0 Å². The monoisotopic (exact) mass is 533 g/mol. The third-order valence-electron chi connectivity index (χ3n) is 5.57. The Bertz CT molecular complexity index is 1450. The van der Waals surface area contributed by atoms with Crippen LogP contribution in [0.5, 0.6) is 0 Å². The number of aryl methyl sites for hydroxylation is 3. The van der Waals surface area contributed by atoms with Crippen LogP contribution in [0, 0.1) is 30.9 Å². The van der Waals surface area contributed by atoms with Crippen LogP contribution in [0.3, 0.4) is 0 Å². The van der Waals surface area contributed by atoms with E-state index in [1.807, 2.05) is 63.2 Å². The maximum Gasteiger partial charge on any atom is 0.294 e. The second-order valence-corrected chi connectivity index (χ2v) is 10.6. The third-order valence-corrected chi connectivity index (χ3v) is 7.55. The molecule has 0 bridgehead atoms. The van der Waals surface area contributed by atoms with Gasteiger partial charge in [0, 0.05) is 16.6 Å². The number of carbonyl (C=O) groups excluding carboxylic acids is 3. The number of carbonyl (C=O) groups is 3. The van der Waals surface area contributed by atoms with Gasteiger partial charge in [-0.2, -0.15) is 0 Å². The van der Waals surface area contributed by atoms with E-state index in [1.54, 1.807) is 12.1 Å². The van der Waals surface area contributed by atoms with Crippen molar-refractivity contribution in [1.29, 1.82) is 0 Å². The van der Waals surface area contributed by atoms with E-state index < -0.39 is 28.5 Å². The van der Waals surface area contributed by atoms with Gasteiger partial charge in [-0.15, -0.1) is 0 Å². The molecule has 1 aliphatic rings.